The van der Waals surface area contributed by atoms with Crippen molar-refractivity contribution >= 4 is 11.8 Å². The molecule has 1 aromatic carbocycles. The Labute approximate surface area is 184 Å². The minimum absolute atomic E-state index is 0.131. The number of nitrogens with zero attached hydrogens (tertiary/aromatic N) is 4. The molecule has 7 nitrogen and oxygen atoms in total. The fraction of sp³-hybridized carbons (Fsp3) is 0.583. The lowest BCUT2D eigenvalue weighted by Gasteiger charge is -2.35. The zero-order valence-electron chi connectivity index (χ0n) is 19.0. The van der Waals surface area contributed by atoms with Crippen molar-refractivity contribution in [1.82, 2.24) is 19.9 Å². The molecule has 1 aliphatic heterocycles. The Morgan fingerprint density at radius 2 is 1.45 bits per heavy atom. The van der Waals surface area contributed by atoms with E-state index in [-0.39, 0.29) is 17.2 Å². The quantitative estimate of drug-likeness (QED) is 0.646. The summed E-state index contributed by atoms with van der Waals surface area (Å²) in [4.78, 5) is 33.1. The van der Waals surface area contributed by atoms with Gasteiger partial charge in [0.1, 0.15) is 0 Å². The summed E-state index contributed by atoms with van der Waals surface area (Å²) in [5.74, 6) is 1.60. The van der Waals surface area contributed by atoms with Crippen molar-refractivity contribution in [3.8, 4) is 0 Å². The molecule has 0 atom stereocenters. The number of hydrogen-bond acceptors (Lipinski definition) is 5. The third kappa shape index (κ3) is 6.91. The van der Waals surface area contributed by atoms with Gasteiger partial charge >= 0.3 is 0 Å². The minimum atomic E-state index is -0.143. The maximum absolute atomic E-state index is 12.5. The molecule has 2 amide bonds. The van der Waals surface area contributed by atoms with E-state index in [4.69, 9.17) is 4.52 Å². The molecule has 1 fully saturated rings. The van der Waals surface area contributed by atoms with Crippen LogP contribution in [0, 0.1) is 0 Å². The Bertz CT molecular complexity index is 849. The second-order valence-electron chi connectivity index (χ2n) is 9.22. The lowest BCUT2D eigenvalue weighted by Crippen LogP contribution is -2.50. The molecule has 3 rings (SSSR count). The summed E-state index contributed by atoms with van der Waals surface area (Å²) in [7, 11) is 0. The van der Waals surface area contributed by atoms with Gasteiger partial charge in [-0.25, -0.2) is 0 Å². The van der Waals surface area contributed by atoms with Crippen LogP contribution in [0.5, 0.6) is 0 Å². The molecule has 0 radical (unpaired) electrons. The number of aryl methyl sites for hydroxylation is 2. The van der Waals surface area contributed by atoms with Crippen LogP contribution in [-0.2, 0) is 27.8 Å². The Balaban J connectivity index is 1.32. The summed E-state index contributed by atoms with van der Waals surface area (Å²) in [5.41, 5.74) is 1.12. The first kappa shape index (κ1) is 23.0. The van der Waals surface area contributed by atoms with Crippen LogP contribution in [0.15, 0.2) is 34.9 Å². The highest BCUT2D eigenvalue weighted by Gasteiger charge is 2.24. The van der Waals surface area contributed by atoms with Crippen LogP contribution in [0.1, 0.15) is 63.7 Å². The molecule has 2 aromatic rings. The van der Waals surface area contributed by atoms with Gasteiger partial charge in [-0.1, -0.05) is 56.3 Å². The van der Waals surface area contributed by atoms with Crippen LogP contribution in [-0.4, -0.2) is 57.9 Å². The molecule has 0 saturated carbocycles. The van der Waals surface area contributed by atoms with Gasteiger partial charge in [0, 0.05) is 50.9 Å². The Hall–Kier alpha value is -2.70. The van der Waals surface area contributed by atoms with Crippen molar-refractivity contribution in [3.05, 3.63) is 47.6 Å². The Morgan fingerprint density at radius 1 is 0.903 bits per heavy atom. The normalized spacial score (nSPS) is 14.7. The van der Waals surface area contributed by atoms with E-state index in [0.29, 0.717) is 63.6 Å². The van der Waals surface area contributed by atoms with Gasteiger partial charge in [0.25, 0.3) is 0 Å². The zero-order valence-corrected chi connectivity index (χ0v) is 19.0. The molecular weight excluding hydrogens is 392 g/mol. The molecule has 1 aromatic heterocycles. The summed E-state index contributed by atoms with van der Waals surface area (Å²) < 4.78 is 5.29. The van der Waals surface area contributed by atoms with E-state index >= 15 is 0 Å². The summed E-state index contributed by atoms with van der Waals surface area (Å²) in [5, 5.41) is 4.02. The van der Waals surface area contributed by atoms with Crippen LogP contribution in [0.25, 0.3) is 0 Å². The monoisotopic (exact) mass is 426 g/mol. The van der Waals surface area contributed by atoms with Gasteiger partial charge in [0.05, 0.1) is 0 Å². The molecule has 0 bridgehead atoms. The van der Waals surface area contributed by atoms with Crippen LogP contribution >= 0.6 is 0 Å². The minimum Gasteiger partial charge on any atom is -0.339 e. The molecule has 0 spiro atoms. The van der Waals surface area contributed by atoms with E-state index in [0.717, 1.165) is 12.8 Å². The molecule has 1 saturated heterocycles. The number of amides is 2. The summed E-state index contributed by atoms with van der Waals surface area (Å²) in [6, 6.07) is 10.2. The van der Waals surface area contributed by atoms with Gasteiger partial charge in [-0.15, -0.1) is 0 Å². The molecule has 7 heteroatoms. The van der Waals surface area contributed by atoms with Crippen molar-refractivity contribution in [2.75, 3.05) is 26.2 Å². The third-order valence-corrected chi connectivity index (χ3v) is 5.60. The molecule has 31 heavy (non-hydrogen) atoms. The number of carbonyl (C=O) groups is 2. The maximum Gasteiger partial charge on any atom is 0.226 e. The number of rotatable bonds is 8. The first-order valence-corrected chi connectivity index (χ1v) is 11.3. The van der Waals surface area contributed by atoms with Gasteiger partial charge in [-0.3, -0.25) is 9.59 Å². The predicted molar refractivity (Wildman–Crippen MR) is 118 cm³/mol. The molecule has 168 valence electrons. The fourth-order valence-electron chi connectivity index (χ4n) is 3.66. The highest BCUT2D eigenvalue weighted by atomic mass is 16.5. The number of aromatic nitrogens is 2. The van der Waals surface area contributed by atoms with Gasteiger partial charge in [-0.05, 0) is 24.8 Å². The van der Waals surface area contributed by atoms with Gasteiger partial charge < -0.3 is 14.3 Å². The third-order valence-electron chi connectivity index (χ3n) is 5.60. The average molecular weight is 427 g/mol. The number of carbonyl (C=O) groups excluding carboxylic acids is 2. The Kier molecular flexibility index (Phi) is 7.82. The second-order valence-corrected chi connectivity index (χ2v) is 9.22. The zero-order chi connectivity index (χ0) is 22.3. The molecule has 0 N–H and O–H groups in total. The number of hydrogen-bond donors (Lipinski definition) is 0. The van der Waals surface area contributed by atoms with Crippen molar-refractivity contribution in [2.45, 2.75) is 64.7 Å². The lowest BCUT2D eigenvalue weighted by molar-refractivity contribution is -0.139. The van der Waals surface area contributed by atoms with Gasteiger partial charge in [-0.2, -0.15) is 4.98 Å². The van der Waals surface area contributed by atoms with Gasteiger partial charge in [0.15, 0.2) is 5.82 Å². The van der Waals surface area contributed by atoms with Crippen molar-refractivity contribution in [3.63, 3.8) is 0 Å². The van der Waals surface area contributed by atoms with E-state index in [9.17, 15) is 9.59 Å². The standard InChI is InChI=1S/C24H34N4O3/c1-24(2,3)23-25-20(31-26-23)12-8-14-22(30)28-17-15-27(16-18-28)21(29)13-7-11-19-9-5-4-6-10-19/h4-6,9-10H,7-8,11-18H2,1-3H3. The van der Waals surface area contributed by atoms with Crippen LogP contribution in [0.2, 0.25) is 0 Å². The van der Waals surface area contributed by atoms with E-state index < -0.39 is 0 Å². The smallest absolute Gasteiger partial charge is 0.226 e. The SMILES string of the molecule is CC(C)(C)c1noc(CCCC(=O)N2CCN(C(=O)CCCc3ccccc3)CC2)n1. The topological polar surface area (TPSA) is 79.5 Å². The highest BCUT2D eigenvalue weighted by Crippen LogP contribution is 2.19. The molecule has 0 unspecified atom stereocenters. The Morgan fingerprint density at radius 3 is 1.97 bits per heavy atom. The van der Waals surface area contributed by atoms with Crippen LogP contribution in [0.4, 0.5) is 0 Å². The summed E-state index contributed by atoms with van der Waals surface area (Å²) in [6.07, 6.45) is 4.08. The van der Waals surface area contributed by atoms with Crippen LogP contribution in [0.3, 0.4) is 0 Å². The van der Waals surface area contributed by atoms with Crippen molar-refractivity contribution < 1.29 is 14.1 Å². The first-order valence-electron chi connectivity index (χ1n) is 11.3. The largest absolute Gasteiger partial charge is 0.339 e. The highest BCUT2D eigenvalue weighted by molar-refractivity contribution is 5.78. The first-order chi connectivity index (χ1) is 14.8. The fourth-order valence-corrected chi connectivity index (χ4v) is 3.66. The van der Waals surface area contributed by atoms with E-state index in [1.165, 1.54) is 5.56 Å². The average Bonchev–Trinajstić information content (AvgIpc) is 3.24. The predicted octanol–water partition coefficient (Wildman–Crippen LogP) is 3.38. The molecule has 1 aliphatic rings. The summed E-state index contributed by atoms with van der Waals surface area (Å²) >= 11 is 0. The molecule has 0 aliphatic carbocycles. The van der Waals surface area contributed by atoms with E-state index in [2.05, 4.69) is 22.3 Å². The number of benzene rings is 1. The summed E-state index contributed by atoms with van der Waals surface area (Å²) in [6.45, 7) is 8.58. The molecule has 2 heterocycles. The lowest BCUT2D eigenvalue weighted by atomic mass is 9.96. The van der Waals surface area contributed by atoms with Crippen molar-refractivity contribution in [2.24, 2.45) is 0 Å². The maximum atomic E-state index is 12.5. The van der Waals surface area contributed by atoms with Crippen molar-refractivity contribution in [1.29, 1.82) is 0 Å². The van der Waals surface area contributed by atoms with Crippen LogP contribution < -0.4 is 0 Å². The van der Waals surface area contributed by atoms with E-state index in [1.54, 1.807) is 0 Å². The number of piperazine rings is 1. The van der Waals surface area contributed by atoms with Gasteiger partial charge in [0.2, 0.25) is 17.7 Å². The second kappa shape index (κ2) is 10.6. The van der Waals surface area contributed by atoms with E-state index in [1.807, 2.05) is 48.8 Å². The molecular formula is C24H34N4O3.